The first-order valence-corrected chi connectivity index (χ1v) is 19.8. The Balaban J connectivity index is 1.14. The van der Waals surface area contributed by atoms with Crippen molar-refractivity contribution in [2.45, 2.75) is 38.5 Å². The van der Waals surface area contributed by atoms with E-state index in [0.717, 1.165) is 17.1 Å². The molecule has 9 aromatic rings. The minimum atomic E-state index is -0.0651. The Hall–Kier alpha value is -6.64. The molecule has 0 radical (unpaired) electrons. The van der Waals surface area contributed by atoms with Crippen LogP contribution in [0.4, 0.5) is 17.1 Å². The topological polar surface area (TPSA) is 8.17 Å². The van der Waals surface area contributed by atoms with Crippen LogP contribution in [0.15, 0.2) is 182 Å². The highest BCUT2D eigenvalue weighted by Crippen LogP contribution is 2.54. The summed E-state index contributed by atoms with van der Waals surface area (Å²) < 4.78 is 2.39. The zero-order chi connectivity index (χ0) is 37.8. The summed E-state index contributed by atoms with van der Waals surface area (Å²) in [6.45, 7) is 9.42. The quantitative estimate of drug-likeness (QED) is 0.172. The van der Waals surface area contributed by atoms with Gasteiger partial charge in [0.2, 0.25) is 0 Å². The first kappa shape index (κ1) is 32.8. The van der Waals surface area contributed by atoms with Gasteiger partial charge in [-0.2, -0.15) is 0 Å². The van der Waals surface area contributed by atoms with E-state index in [2.05, 4.69) is 219 Å². The molecule has 8 aromatic carbocycles. The summed E-state index contributed by atoms with van der Waals surface area (Å²) >= 11 is 0. The second-order valence-electron chi connectivity index (χ2n) is 16.6. The van der Waals surface area contributed by atoms with E-state index in [1.54, 1.807) is 0 Å². The van der Waals surface area contributed by atoms with Gasteiger partial charge in [-0.25, -0.2) is 0 Å². The van der Waals surface area contributed by atoms with Crippen LogP contribution in [-0.4, -0.2) is 4.57 Å². The Morgan fingerprint density at radius 3 is 1.52 bits per heavy atom. The van der Waals surface area contributed by atoms with Crippen LogP contribution in [0.1, 0.15) is 49.9 Å². The van der Waals surface area contributed by atoms with Gasteiger partial charge in [0.05, 0.1) is 16.7 Å². The number of fused-ring (bicyclic) bond motifs is 9. The second kappa shape index (κ2) is 11.9. The molecule has 2 aliphatic carbocycles. The third kappa shape index (κ3) is 4.62. The fraction of sp³-hybridized carbons (Fsp3) is 0.111. The van der Waals surface area contributed by atoms with Gasteiger partial charge in [0, 0.05) is 44.2 Å². The lowest BCUT2D eigenvalue weighted by Crippen LogP contribution is -2.16. The highest BCUT2D eigenvalue weighted by molar-refractivity contribution is 6.11. The molecule has 2 aliphatic rings. The molecular weight excluding hydrogens is 677 g/mol. The van der Waals surface area contributed by atoms with Crippen LogP contribution >= 0.6 is 0 Å². The predicted octanol–water partition coefficient (Wildman–Crippen LogP) is 14.5. The van der Waals surface area contributed by atoms with Crippen molar-refractivity contribution in [3.63, 3.8) is 0 Å². The van der Waals surface area contributed by atoms with Gasteiger partial charge >= 0.3 is 0 Å². The first-order chi connectivity index (χ1) is 27.3. The molecule has 0 saturated carbocycles. The molecule has 0 bridgehead atoms. The van der Waals surface area contributed by atoms with Gasteiger partial charge in [0.15, 0.2) is 0 Å². The molecule has 0 saturated heterocycles. The Bertz CT molecular complexity index is 2930. The SMILES string of the molecule is CC1(C)c2ccccc2-c2cc(N(c3ccc4c(c3)-c3ccccc3C4(C)C)c3ccccc3-c3ccc4c(c3)c3ccccc3n4-c3ccccc3)ccc21. The summed E-state index contributed by atoms with van der Waals surface area (Å²) in [5.41, 5.74) is 20.1. The standard InChI is InChI=1S/C54H42N2/c1-53(2)46-22-12-8-19-40(46)43-33-37(27-29-48(43)53)55(38-28-30-49-44(34-38)41-20-9-13-23-47(41)54(49,3)4)50-24-14-10-18-39(50)35-26-31-52-45(32-35)42-21-11-15-25-51(42)56(52)36-16-6-5-7-17-36/h5-34H,1-4H3. The average Bonchev–Trinajstić information content (AvgIpc) is 3.78. The van der Waals surface area contributed by atoms with E-state index in [4.69, 9.17) is 0 Å². The van der Waals surface area contributed by atoms with Crippen LogP contribution in [0.3, 0.4) is 0 Å². The Kier molecular flexibility index (Phi) is 6.98. The number of para-hydroxylation sites is 3. The highest BCUT2D eigenvalue weighted by atomic mass is 15.1. The Morgan fingerprint density at radius 1 is 0.375 bits per heavy atom. The Morgan fingerprint density at radius 2 is 0.875 bits per heavy atom. The molecule has 0 atom stereocenters. The number of anilines is 3. The zero-order valence-electron chi connectivity index (χ0n) is 32.2. The summed E-state index contributed by atoms with van der Waals surface area (Å²) in [6.07, 6.45) is 0. The number of aromatic nitrogens is 1. The van der Waals surface area contributed by atoms with Crippen LogP contribution in [-0.2, 0) is 10.8 Å². The molecule has 1 heterocycles. The van der Waals surface area contributed by atoms with E-state index >= 15 is 0 Å². The molecule has 0 amide bonds. The van der Waals surface area contributed by atoms with Gasteiger partial charge in [-0.3, -0.25) is 0 Å². The van der Waals surface area contributed by atoms with E-state index in [9.17, 15) is 0 Å². The number of hydrogen-bond donors (Lipinski definition) is 0. The molecule has 0 fully saturated rings. The number of hydrogen-bond acceptors (Lipinski definition) is 1. The molecule has 0 unspecified atom stereocenters. The van der Waals surface area contributed by atoms with Gasteiger partial charge in [0.25, 0.3) is 0 Å². The maximum atomic E-state index is 2.50. The lowest BCUT2D eigenvalue weighted by Gasteiger charge is -2.30. The normalized spacial score (nSPS) is 14.4. The van der Waals surface area contributed by atoms with Crippen LogP contribution in [0.5, 0.6) is 0 Å². The summed E-state index contributed by atoms with van der Waals surface area (Å²) in [4.78, 5) is 2.50. The fourth-order valence-corrected chi connectivity index (χ4v) is 10.0. The van der Waals surface area contributed by atoms with Crippen molar-refractivity contribution in [3.05, 3.63) is 204 Å². The van der Waals surface area contributed by atoms with Crippen molar-refractivity contribution in [2.75, 3.05) is 4.90 Å². The zero-order valence-corrected chi connectivity index (χ0v) is 32.2. The largest absolute Gasteiger partial charge is 0.310 e. The fourth-order valence-electron chi connectivity index (χ4n) is 10.0. The van der Waals surface area contributed by atoms with Crippen molar-refractivity contribution in [2.24, 2.45) is 0 Å². The van der Waals surface area contributed by atoms with E-state index in [1.165, 1.54) is 83.1 Å². The van der Waals surface area contributed by atoms with Crippen LogP contribution in [0.2, 0.25) is 0 Å². The molecule has 11 rings (SSSR count). The third-order valence-electron chi connectivity index (χ3n) is 12.8. The summed E-state index contributed by atoms with van der Waals surface area (Å²) in [6, 6.07) is 67.6. The molecule has 0 N–H and O–H groups in total. The maximum absolute atomic E-state index is 2.50. The van der Waals surface area contributed by atoms with E-state index in [-0.39, 0.29) is 10.8 Å². The monoisotopic (exact) mass is 718 g/mol. The van der Waals surface area contributed by atoms with Crippen molar-refractivity contribution < 1.29 is 0 Å². The van der Waals surface area contributed by atoms with Gasteiger partial charge in [0.1, 0.15) is 0 Å². The number of rotatable bonds is 5. The van der Waals surface area contributed by atoms with Gasteiger partial charge < -0.3 is 9.47 Å². The molecule has 2 nitrogen and oxygen atoms in total. The van der Waals surface area contributed by atoms with Crippen molar-refractivity contribution >= 4 is 38.9 Å². The van der Waals surface area contributed by atoms with Crippen LogP contribution < -0.4 is 4.90 Å². The van der Waals surface area contributed by atoms with E-state index < -0.39 is 0 Å². The van der Waals surface area contributed by atoms with E-state index in [1.807, 2.05) is 0 Å². The van der Waals surface area contributed by atoms with Crippen LogP contribution in [0.25, 0.3) is 60.9 Å². The van der Waals surface area contributed by atoms with Gasteiger partial charge in [-0.05, 0) is 111 Å². The predicted molar refractivity (Wildman–Crippen MR) is 236 cm³/mol. The first-order valence-electron chi connectivity index (χ1n) is 19.8. The van der Waals surface area contributed by atoms with Crippen molar-refractivity contribution in [3.8, 4) is 39.1 Å². The smallest absolute Gasteiger partial charge is 0.0541 e. The Labute approximate surface area is 328 Å². The second-order valence-corrected chi connectivity index (χ2v) is 16.6. The average molecular weight is 719 g/mol. The lowest BCUT2D eigenvalue weighted by atomic mass is 9.82. The summed E-state index contributed by atoms with van der Waals surface area (Å²) in [5.74, 6) is 0. The minimum Gasteiger partial charge on any atom is -0.310 e. The molecule has 56 heavy (non-hydrogen) atoms. The van der Waals surface area contributed by atoms with Crippen molar-refractivity contribution in [1.82, 2.24) is 4.57 Å². The number of benzene rings is 8. The molecule has 1 aromatic heterocycles. The third-order valence-corrected chi connectivity index (χ3v) is 12.8. The highest BCUT2D eigenvalue weighted by Gasteiger charge is 2.37. The lowest BCUT2D eigenvalue weighted by molar-refractivity contribution is 0.660. The maximum Gasteiger partial charge on any atom is 0.0541 e. The van der Waals surface area contributed by atoms with Gasteiger partial charge in [-0.15, -0.1) is 0 Å². The molecule has 0 aliphatic heterocycles. The van der Waals surface area contributed by atoms with E-state index in [0.29, 0.717) is 0 Å². The van der Waals surface area contributed by atoms with Crippen LogP contribution in [0, 0.1) is 0 Å². The van der Waals surface area contributed by atoms with Crippen molar-refractivity contribution in [1.29, 1.82) is 0 Å². The minimum absolute atomic E-state index is 0.0651. The molecule has 0 spiro atoms. The number of nitrogens with zero attached hydrogens (tertiary/aromatic N) is 2. The summed E-state index contributed by atoms with van der Waals surface area (Å²) in [5, 5.41) is 2.50. The van der Waals surface area contributed by atoms with Gasteiger partial charge in [-0.1, -0.05) is 149 Å². The molecule has 2 heteroatoms. The molecular formula is C54H42N2. The molecule has 268 valence electrons. The summed E-state index contributed by atoms with van der Waals surface area (Å²) in [7, 11) is 0.